The molecule has 0 aliphatic rings. The third-order valence-corrected chi connectivity index (χ3v) is 3.54. The molecule has 0 fully saturated rings. The summed E-state index contributed by atoms with van der Waals surface area (Å²) in [5.74, 6) is -0.524. The fourth-order valence-corrected chi connectivity index (χ4v) is 2.40. The second-order valence-corrected chi connectivity index (χ2v) is 5.78. The lowest BCUT2D eigenvalue weighted by Gasteiger charge is -2.08. The lowest BCUT2D eigenvalue weighted by Crippen LogP contribution is -2.14. The molecule has 0 bridgehead atoms. The van der Waals surface area contributed by atoms with Crippen molar-refractivity contribution < 1.29 is 9.18 Å². The van der Waals surface area contributed by atoms with Gasteiger partial charge in [-0.15, -0.1) is 0 Å². The monoisotopic (exact) mass is 386 g/mol. The third-order valence-electron chi connectivity index (χ3n) is 3.05. The Kier molecular flexibility index (Phi) is 4.81. The van der Waals surface area contributed by atoms with Gasteiger partial charge in [0.1, 0.15) is 11.5 Å². The Balaban J connectivity index is 1.76. The Labute approximate surface area is 146 Å². The molecular weight excluding hydrogens is 375 g/mol. The number of hydrogen-bond acceptors (Lipinski definition) is 4. The summed E-state index contributed by atoms with van der Waals surface area (Å²) in [5, 5.41) is 5.62. The molecule has 2 aromatic carbocycles. The first-order chi connectivity index (χ1) is 11.6. The Morgan fingerprint density at radius 3 is 2.62 bits per heavy atom. The zero-order valence-corrected chi connectivity index (χ0v) is 13.9. The predicted octanol–water partition coefficient (Wildman–Crippen LogP) is 4.37. The van der Waals surface area contributed by atoms with Crippen molar-refractivity contribution in [3.63, 3.8) is 0 Å². The maximum absolute atomic E-state index is 13.2. The van der Waals surface area contributed by atoms with Crippen LogP contribution < -0.4 is 10.6 Å². The first kappa shape index (κ1) is 16.1. The number of carbonyl (C=O) groups is 1. The van der Waals surface area contributed by atoms with Crippen LogP contribution >= 0.6 is 15.9 Å². The summed E-state index contributed by atoms with van der Waals surface area (Å²) >= 11 is 3.35. The average Bonchev–Trinajstić information content (AvgIpc) is 2.55. The molecule has 0 unspecified atom stereocenters. The average molecular weight is 387 g/mol. The molecule has 1 aromatic heterocycles. The van der Waals surface area contributed by atoms with Gasteiger partial charge in [0, 0.05) is 22.0 Å². The van der Waals surface area contributed by atoms with E-state index in [-0.39, 0.29) is 23.4 Å². The van der Waals surface area contributed by atoms with Gasteiger partial charge in [-0.1, -0.05) is 28.1 Å². The van der Waals surface area contributed by atoms with E-state index < -0.39 is 0 Å². The maximum Gasteiger partial charge on any atom is 0.274 e. The number of nitrogens with one attached hydrogen (secondary N) is 2. The molecule has 120 valence electrons. The van der Waals surface area contributed by atoms with E-state index in [0.29, 0.717) is 11.4 Å². The summed E-state index contributed by atoms with van der Waals surface area (Å²) in [6.45, 7) is 0. The van der Waals surface area contributed by atoms with Crippen molar-refractivity contribution in [1.29, 1.82) is 0 Å². The van der Waals surface area contributed by atoms with Crippen LogP contribution in [0.4, 0.5) is 21.7 Å². The molecule has 0 spiro atoms. The number of amides is 1. The number of aromatic nitrogens is 2. The SMILES string of the molecule is O=C(Nc1cccc(Br)c1)c1ccnc(Nc2cccc(F)c2)n1. The molecule has 0 radical (unpaired) electrons. The Bertz CT molecular complexity index is 888. The molecular formula is C17H12BrFN4O. The zero-order chi connectivity index (χ0) is 16.9. The summed E-state index contributed by atoms with van der Waals surface area (Å²) in [6.07, 6.45) is 1.46. The molecule has 0 saturated heterocycles. The van der Waals surface area contributed by atoms with Crippen molar-refractivity contribution in [2.75, 3.05) is 10.6 Å². The topological polar surface area (TPSA) is 66.9 Å². The van der Waals surface area contributed by atoms with Gasteiger partial charge in [0.25, 0.3) is 5.91 Å². The van der Waals surface area contributed by atoms with Crippen molar-refractivity contribution in [2.24, 2.45) is 0 Å². The first-order valence-corrected chi connectivity index (χ1v) is 7.82. The van der Waals surface area contributed by atoms with Gasteiger partial charge < -0.3 is 10.6 Å². The van der Waals surface area contributed by atoms with Crippen LogP contribution in [0.15, 0.2) is 65.3 Å². The summed E-state index contributed by atoms with van der Waals surface area (Å²) in [6, 6.07) is 14.6. The van der Waals surface area contributed by atoms with E-state index in [1.807, 2.05) is 12.1 Å². The number of benzene rings is 2. The summed E-state index contributed by atoms with van der Waals surface area (Å²) in [7, 11) is 0. The largest absolute Gasteiger partial charge is 0.324 e. The van der Waals surface area contributed by atoms with Crippen LogP contribution in [0, 0.1) is 5.82 Å². The standard InChI is InChI=1S/C17H12BrFN4O/c18-11-3-1-5-13(9-11)21-16(24)15-7-8-20-17(23-15)22-14-6-2-4-12(19)10-14/h1-10H,(H,21,24)(H,20,22,23). The molecule has 7 heteroatoms. The number of anilines is 3. The van der Waals surface area contributed by atoms with E-state index in [1.54, 1.807) is 24.3 Å². The fraction of sp³-hybridized carbons (Fsp3) is 0. The van der Waals surface area contributed by atoms with E-state index in [4.69, 9.17) is 0 Å². The molecule has 2 N–H and O–H groups in total. The highest BCUT2D eigenvalue weighted by Crippen LogP contribution is 2.17. The van der Waals surface area contributed by atoms with E-state index in [1.165, 1.54) is 24.4 Å². The van der Waals surface area contributed by atoms with Gasteiger partial charge in [-0.2, -0.15) is 0 Å². The van der Waals surface area contributed by atoms with E-state index in [9.17, 15) is 9.18 Å². The van der Waals surface area contributed by atoms with Gasteiger partial charge in [-0.05, 0) is 42.5 Å². The molecule has 1 amide bonds. The highest BCUT2D eigenvalue weighted by molar-refractivity contribution is 9.10. The predicted molar refractivity (Wildman–Crippen MR) is 93.8 cm³/mol. The minimum absolute atomic E-state index is 0.198. The van der Waals surface area contributed by atoms with Crippen molar-refractivity contribution in [2.45, 2.75) is 0 Å². The van der Waals surface area contributed by atoms with Gasteiger partial charge >= 0.3 is 0 Å². The molecule has 0 saturated carbocycles. The molecule has 1 heterocycles. The van der Waals surface area contributed by atoms with Crippen molar-refractivity contribution in [1.82, 2.24) is 9.97 Å². The molecule has 3 rings (SSSR count). The van der Waals surface area contributed by atoms with Crippen LogP contribution in [0.25, 0.3) is 0 Å². The van der Waals surface area contributed by atoms with Crippen LogP contribution in [-0.4, -0.2) is 15.9 Å². The van der Waals surface area contributed by atoms with Crippen molar-refractivity contribution in [3.05, 3.63) is 76.8 Å². The van der Waals surface area contributed by atoms with E-state index in [0.717, 1.165) is 4.47 Å². The number of nitrogens with zero attached hydrogens (tertiary/aromatic N) is 2. The van der Waals surface area contributed by atoms with Crippen LogP contribution in [-0.2, 0) is 0 Å². The van der Waals surface area contributed by atoms with Gasteiger partial charge in [0.05, 0.1) is 0 Å². The molecule has 0 aliphatic carbocycles. The number of hydrogen-bond donors (Lipinski definition) is 2. The Morgan fingerprint density at radius 2 is 1.83 bits per heavy atom. The summed E-state index contributed by atoms with van der Waals surface area (Å²) < 4.78 is 14.1. The zero-order valence-electron chi connectivity index (χ0n) is 12.3. The first-order valence-electron chi connectivity index (χ1n) is 7.03. The van der Waals surface area contributed by atoms with E-state index in [2.05, 4.69) is 36.5 Å². The molecule has 0 aliphatic heterocycles. The van der Waals surface area contributed by atoms with Crippen molar-refractivity contribution in [3.8, 4) is 0 Å². The maximum atomic E-state index is 13.2. The van der Waals surface area contributed by atoms with Crippen LogP contribution in [0.3, 0.4) is 0 Å². The van der Waals surface area contributed by atoms with Crippen LogP contribution in [0.1, 0.15) is 10.5 Å². The second kappa shape index (κ2) is 7.18. The van der Waals surface area contributed by atoms with Crippen LogP contribution in [0.5, 0.6) is 0 Å². The van der Waals surface area contributed by atoms with Crippen LogP contribution in [0.2, 0.25) is 0 Å². The molecule has 24 heavy (non-hydrogen) atoms. The second-order valence-electron chi connectivity index (χ2n) is 4.87. The molecule has 0 atom stereocenters. The third kappa shape index (κ3) is 4.14. The lowest BCUT2D eigenvalue weighted by atomic mass is 10.3. The molecule has 3 aromatic rings. The van der Waals surface area contributed by atoms with Gasteiger partial charge in [-0.25, -0.2) is 14.4 Å². The van der Waals surface area contributed by atoms with Gasteiger partial charge in [0.2, 0.25) is 5.95 Å². The quantitative estimate of drug-likeness (QED) is 0.698. The van der Waals surface area contributed by atoms with Gasteiger partial charge in [0.15, 0.2) is 0 Å². The summed E-state index contributed by atoms with van der Waals surface area (Å²) in [5.41, 5.74) is 1.34. The highest BCUT2D eigenvalue weighted by Gasteiger charge is 2.10. The number of halogens is 2. The summed E-state index contributed by atoms with van der Waals surface area (Å²) in [4.78, 5) is 20.5. The number of rotatable bonds is 4. The van der Waals surface area contributed by atoms with Crippen molar-refractivity contribution >= 4 is 39.2 Å². The van der Waals surface area contributed by atoms with E-state index >= 15 is 0 Å². The highest BCUT2D eigenvalue weighted by atomic mass is 79.9. The molecule has 5 nitrogen and oxygen atoms in total. The fourth-order valence-electron chi connectivity index (χ4n) is 2.00. The lowest BCUT2D eigenvalue weighted by molar-refractivity contribution is 0.102. The van der Waals surface area contributed by atoms with Gasteiger partial charge in [-0.3, -0.25) is 4.79 Å². The minimum Gasteiger partial charge on any atom is -0.324 e. The number of carbonyl (C=O) groups excluding carboxylic acids is 1. The normalized spacial score (nSPS) is 10.2. The Hall–Kier alpha value is -2.80. The minimum atomic E-state index is -0.372. The smallest absolute Gasteiger partial charge is 0.274 e. The Morgan fingerprint density at radius 1 is 1.04 bits per heavy atom.